The number of benzene rings is 1. The topological polar surface area (TPSA) is 101 Å². The molecule has 0 bridgehead atoms. The van der Waals surface area contributed by atoms with Crippen LogP contribution in [0.15, 0.2) is 29.3 Å². The number of carbonyl (C=O) groups is 2. The number of hydrogen-bond acceptors (Lipinski definition) is 8. The summed E-state index contributed by atoms with van der Waals surface area (Å²) in [5, 5.41) is 11.0. The lowest BCUT2D eigenvalue weighted by atomic mass is 10.2. The fraction of sp³-hybridized carbons (Fsp3) is 0.444. The fourth-order valence-electron chi connectivity index (χ4n) is 1.68. The quantitative estimate of drug-likeness (QED) is 0.375. The number of nitriles is 1. The third-order valence-corrected chi connectivity index (χ3v) is 6.24. The van der Waals surface area contributed by atoms with Gasteiger partial charge in [-0.2, -0.15) is 5.26 Å². The molecule has 146 valence electrons. The van der Waals surface area contributed by atoms with Crippen LogP contribution in [0.1, 0.15) is 26.3 Å². The van der Waals surface area contributed by atoms with Crippen LogP contribution in [0, 0.1) is 11.3 Å². The van der Waals surface area contributed by atoms with Gasteiger partial charge in [-0.05, 0) is 24.4 Å². The van der Waals surface area contributed by atoms with E-state index in [9.17, 15) is 9.59 Å². The summed E-state index contributed by atoms with van der Waals surface area (Å²) < 4.78 is 9.96. The van der Waals surface area contributed by atoms with Crippen LogP contribution in [-0.4, -0.2) is 41.9 Å². The molecule has 0 radical (unpaired) electrons. The summed E-state index contributed by atoms with van der Waals surface area (Å²) in [7, 11) is 3.02. The Balaban J connectivity index is 2.57. The number of nitrogens with zero attached hydrogens (tertiary/aromatic N) is 2. The van der Waals surface area contributed by atoms with Gasteiger partial charge in [0.1, 0.15) is 18.7 Å². The van der Waals surface area contributed by atoms with Gasteiger partial charge < -0.3 is 14.8 Å². The van der Waals surface area contributed by atoms with Crippen LogP contribution in [0.5, 0.6) is 0 Å². The minimum Gasteiger partial charge on any atom is -0.449 e. The average Bonchev–Trinajstić information content (AvgIpc) is 2.63. The first kappa shape index (κ1) is 22.9. The molecule has 1 rings (SSSR count). The van der Waals surface area contributed by atoms with Gasteiger partial charge in [-0.25, -0.2) is 9.59 Å². The summed E-state index contributed by atoms with van der Waals surface area (Å²) in [5.74, 6) is -0.377. The van der Waals surface area contributed by atoms with Crippen LogP contribution >= 0.6 is 21.6 Å². The third-order valence-electron chi connectivity index (χ3n) is 2.89. The van der Waals surface area contributed by atoms with E-state index in [-0.39, 0.29) is 18.0 Å². The molecule has 0 aliphatic heterocycles. The molecule has 0 saturated carbocycles. The van der Waals surface area contributed by atoms with E-state index in [0.29, 0.717) is 5.75 Å². The predicted molar refractivity (Wildman–Crippen MR) is 109 cm³/mol. The predicted octanol–water partition coefficient (Wildman–Crippen LogP) is 3.86. The molecule has 1 aromatic carbocycles. The van der Waals surface area contributed by atoms with Crippen LogP contribution < -0.4 is 5.32 Å². The monoisotopic (exact) mass is 409 g/mol. The molecule has 9 heteroatoms. The van der Waals surface area contributed by atoms with Crippen molar-refractivity contribution in [3.8, 4) is 6.07 Å². The van der Waals surface area contributed by atoms with Crippen molar-refractivity contribution >= 4 is 46.1 Å². The van der Waals surface area contributed by atoms with Crippen LogP contribution in [0.2, 0.25) is 0 Å². The molecule has 0 spiro atoms. The third kappa shape index (κ3) is 9.92. The first-order chi connectivity index (χ1) is 12.7. The highest BCUT2D eigenvalue weighted by Gasteiger charge is 2.24. The first-order valence-electron chi connectivity index (χ1n) is 8.08. The highest BCUT2D eigenvalue weighted by molar-refractivity contribution is 8.77. The summed E-state index contributed by atoms with van der Waals surface area (Å²) in [6.07, 6.45) is -0.735. The van der Waals surface area contributed by atoms with Crippen LogP contribution in [0.4, 0.5) is 10.5 Å². The van der Waals surface area contributed by atoms with Crippen molar-refractivity contribution < 1.29 is 19.1 Å². The Labute approximate surface area is 167 Å². The van der Waals surface area contributed by atoms with Crippen LogP contribution in [0.3, 0.4) is 0 Å². The fourth-order valence-corrected chi connectivity index (χ4v) is 4.13. The Hall–Kier alpha value is -2.18. The van der Waals surface area contributed by atoms with Crippen molar-refractivity contribution in [1.29, 1.82) is 5.26 Å². The number of rotatable bonds is 9. The first-order valence-corrected chi connectivity index (χ1v) is 10.4. The minimum atomic E-state index is -0.905. The van der Waals surface area contributed by atoms with E-state index in [1.54, 1.807) is 41.1 Å². The molecule has 27 heavy (non-hydrogen) atoms. The number of amides is 1. The minimum absolute atomic E-state index is 0.00125. The van der Waals surface area contributed by atoms with Crippen molar-refractivity contribution in [1.82, 2.24) is 5.32 Å². The lowest BCUT2D eigenvalue weighted by molar-refractivity contribution is -0.143. The number of esters is 1. The molecule has 0 aliphatic rings. The highest BCUT2D eigenvalue weighted by Crippen LogP contribution is 2.35. The van der Waals surface area contributed by atoms with Crippen molar-refractivity contribution in [3.63, 3.8) is 0 Å². The van der Waals surface area contributed by atoms with Crippen molar-refractivity contribution in [2.45, 2.75) is 38.2 Å². The molecular weight excluding hydrogens is 386 g/mol. The molecule has 0 fully saturated rings. The summed E-state index contributed by atoms with van der Waals surface area (Å²) in [4.78, 5) is 27.9. The maximum atomic E-state index is 12.1. The Morgan fingerprint density at radius 3 is 2.52 bits per heavy atom. The maximum Gasteiger partial charge on any atom is 0.408 e. The zero-order chi connectivity index (χ0) is 20.3. The second-order valence-electron chi connectivity index (χ2n) is 6.34. The summed E-state index contributed by atoms with van der Waals surface area (Å²) in [5.41, 5.74) is 1.50. The number of carbonyl (C=O) groups excluding carboxylic acids is 2. The lowest BCUT2D eigenvalue weighted by Crippen LogP contribution is -2.43. The number of nitrogens with one attached hydrogen (secondary N) is 1. The molecule has 0 aromatic heterocycles. The van der Waals surface area contributed by atoms with Gasteiger partial charge in [-0.15, -0.1) is 0 Å². The van der Waals surface area contributed by atoms with E-state index in [2.05, 4.69) is 17.0 Å². The van der Waals surface area contributed by atoms with Gasteiger partial charge in [-0.3, -0.25) is 4.99 Å². The summed E-state index contributed by atoms with van der Waals surface area (Å²) in [6.45, 7) is 9.24. The van der Waals surface area contributed by atoms with E-state index >= 15 is 0 Å². The van der Waals surface area contributed by atoms with Gasteiger partial charge in [0, 0.05) is 10.5 Å². The van der Waals surface area contributed by atoms with Crippen molar-refractivity contribution in [2.75, 3.05) is 12.4 Å². The highest BCUT2D eigenvalue weighted by atomic mass is 33.1. The molecule has 7 nitrogen and oxygen atoms in total. The second kappa shape index (κ2) is 11.5. The van der Waals surface area contributed by atoms with E-state index < -0.39 is 18.1 Å². The molecule has 0 aliphatic carbocycles. The van der Waals surface area contributed by atoms with E-state index in [1.807, 2.05) is 20.8 Å². The molecule has 0 saturated heterocycles. The zero-order valence-corrected chi connectivity index (χ0v) is 17.2. The molecule has 1 aromatic rings. The largest absolute Gasteiger partial charge is 0.449 e. The van der Waals surface area contributed by atoms with Gasteiger partial charge in [-0.1, -0.05) is 54.5 Å². The van der Waals surface area contributed by atoms with E-state index in [0.717, 1.165) is 11.3 Å². The summed E-state index contributed by atoms with van der Waals surface area (Å²) in [6, 6.07) is 7.88. The number of aliphatic imine (C=N–C) groups is 1. The van der Waals surface area contributed by atoms with E-state index in [4.69, 9.17) is 14.7 Å². The Bertz CT molecular complexity index is 681. The van der Waals surface area contributed by atoms with Gasteiger partial charge in [0.05, 0.1) is 5.69 Å². The van der Waals surface area contributed by atoms with Gasteiger partial charge in [0.25, 0.3) is 0 Å². The SMILES string of the molecule is C=Nc1ccc(COC(=O)N[C@H](CSSC(C)(C)C)C(=O)OCC#N)cc1. The number of ether oxygens (including phenoxy) is 2. The Morgan fingerprint density at radius 2 is 1.96 bits per heavy atom. The standard InChI is InChI=1S/C18H23N3O4S2/c1-18(2,3)27-26-12-15(16(22)24-10-9-19)21-17(23)25-11-13-5-7-14(20-4)8-6-13/h5-8,15H,4,10-12H2,1-3H3,(H,21,23)/t15-/m1/s1. The lowest BCUT2D eigenvalue weighted by Gasteiger charge is -2.20. The van der Waals surface area contributed by atoms with Crippen molar-refractivity contribution in [3.05, 3.63) is 29.8 Å². The number of hydrogen-bond donors (Lipinski definition) is 1. The van der Waals surface area contributed by atoms with Gasteiger partial charge >= 0.3 is 12.1 Å². The number of alkyl carbamates (subject to hydrolysis) is 1. The smallest absolute Gasteiger partial charge is 0.408 e. The second-order valence-corrected chi connectivity index (χ2v) is 9.51. The van der Waals surface area contributed by atoms with Crippen LogP contribution in [-0.2, 0) is 20.9 Å². The maximum absolute atomic E-state index is 12.1. The Kier molecular flexibility index (Phi) is 9.75. The molecule has 1 atom stereocenters. The molecular formula is C18H23N3O4S2. The molecule has 1 N–H and O–H groups in total. The molecule has 0 heterocycles. The molecule has 1 amide bonds. The molecule has 0 unspecified atom stereocenters. The van der Waals surface area contributed by atoms with Crippen LogP contribution in [0.25, 0.3) is 0 Å². The van der Waals surface area contributed by atoms with Gasteiger partial charge in [0.15, 0.2) is 6.61 Å². The van der Waals surface area contributed by atoms with Crippen molar-refractivity contribution in [2.24, 2.45) is 4.99 Å². The van der Waals surface area contributed by atoms with Gasteiger partial charge in [0.2, 0.25) is 0 Å². The normalized spacial score (nSPS) is 11.8. The van der Waals surface area contributed by atoms with E-state index in [1.165, 1.54) is 10.8 Å². The Morgan fingerprint density at radius 1 is 1.30 bits per heavy atom. The average molecular weight is 410 g/mol. The summed E-state index contributed by atoms with van der Waals surface area (Å²) >= 11 is 0. The zero-order valence-electron chi connectivity index (χ0n) is 15.6.